The molecular formula is C72H96BCl2N18NaO32S9. The largest absolute Gasteiger partial charge is 1.00 e. The van der Waals surface area contributed by atoms with Crippen LogP contribution in [0.3, 0.4) is 0 Å². The van der Waals surface area contributed by atoms with Gasteiger partial charge in [-0.05, 0) is 57.7 Å². The van der Waals surface area contributed by atoms with Crippen LogP contribution in [0.4, 0.5) is 5.13 Å². The number of ketones is 2. The maximum atomic E-state index is 13.1. The molecule has 5 aromatic rings. The molecule has 63 heteroatoms. The van der Waals surface area contributed by atoms with Crippen molar-refractivity contribution in [1.82, 2.24) is 59.3 Å². The van der Waals surface area contributed by atoms with Gasteiger partial charge in [0.15, 0.2) is 16.6 Å². The van der Waals surface area contributed by atoms with Gasteiger partial charge in [-0.1, -0.05) is 55.3 Å². The number of carboxylic acids is 3. The fourth-order valence-electron chi connectivity index (χ4n) is 12.6. The molecule has 9 atom stereocenters. The minimum atomic E-state index is -3.47. The van der Waals surface area contributed by atoms with Crippen LogP contribution in [-0.4, -0.2) is 332 Å². The first kappa shape index (κ1) is 121. The van der Waals surface area contributed by atoms with Crippen molar-refractivity contribution in [2.45, 2.75) is 82.1 Å². The van der Waals surface area contributed by atoms with Crippen molar-refractivity contribution in [3.63, 3.8) is 0 Å². The van der Waals surface area contributed by atoms with E-state index in [9.17, 15) is 102 Å². The number of aryl methyl sites for hydroxylation is 2. The number of sulfonamides is 3. The number of hydroxylamine groups is 4. The Hall–Kier alpha value is -8.65. The molecular weight excluding hydrogens is 2020 g/mol. The number of Topliss-reactive ketones (excluding diaryl/α,β-unsaturated/α-hetero) is 2. The van der Waals surface area contributed by atoms with E-state index in [0.29, 0.717) is 57.0 Å². The number of thiol groups is 1. The summed E-state index contributed by atoms with van der Waals surface area (Å²) in [5, 5.41) is 45.3. The SMILES string of the molecule is CCN(CC)CC.CS(=O)(=O)NCCO/N=C(\C(=O)C[C@@H]1C(=O)N2[C@@H]1[S@@](=O)C[C@@H]1CC(=O)O[C@@]12C(=O)[O-])c1csc(N)n1.CS(=O)(=O)NCCON.Cc1nc(/C(=N/OCCNS(C)(=O)=O)C(=O)O)cs1.Cc1nc(C(=O)C(=O)O)cs1.Cl.O=C1c2ccccc2C(=O)N1OCCNCS.[B]OC(=O)[C@]12OC(=O)C[C@H]1CS[C@@H]1[C@H](N)C(=O)N12.[Cl-].[NH3+]CCON1C(=O)c2ccccc2C1=O.[Na+]. The number of nitrogens with two attached hydrogens (primary N) is 3. The van der Waals surface area contributed by atoms with Gasteiger partial charge >= 0.3 is 67.5 Å². The van der Waals surface area contributed by atoms with E-state index >= 15 is 0 Å². The third kappa shape index (κ3) is 32.7. The van der Waals surface area contributed by atoms with E-state index in [0.717, 1.165) is 45.1 Å². The van der Waals surface area contributed by atoms with Crippen LogP contribution >= 0.6 is 70.8 Å². The molecule has 8 aliphatic heterocycles. The van der Waals surface area contributed by atoms with Crippen LogP contribution in [-0.2, 0) is 122 Å². The van der Waals surface area contributed by atoms with Crippen molar-refractivity contribution in [2.75, 3.05) is 127 Å². The Kier molecular flexibility index (Phi) is 49.8. The van der Waals surface area contributed by atoms with Gasteiger partial charge in [-0.2, -0.15) is 12.6 Å². The molecule has 50 nitrogen and oxygen atoms in total. The smallest absolute Gasteiger partial charge is 1.00 e. The maximum absolute atomic E-state index is 13.1. The minimum absolute atomic E-state index is 0. The minimum Gasteiger partial charge on any atom is -1.00 e. The molecule has 135 heavy (non-hydrogen) atoms. The third-order valence-corrected chi connectivity index (χ3v) is 26.5. The number of imide groups is 2. The number of carbonyl (C=O) groups is 14. The molecule has 8 aliphatic rings. The number of carboxylic acid groups (broad SMARTS) is 3. The normalized spacial score (nSPS) is 20.7. The summed E-state index contributed by atoms with van der Waals surface area (Å²) in [5.74, 6) is -8.65. The monoisotopic (exact) mass is 2120 g/mol. The number of nitrogen functional groups attached to an aromatic ring is 1. The molecule has 15 N–H and O–H groups in total. The summed E-state index contributed by atoms with van der Waals surface area (Å²) in [6, 6.07) is 12.6. The van der Waals surface area contributed by atoms with Crippen molar-refractivity contribution in [1.29, 1.82) is 0 Å². The maximum Gasteiger partial charge on any atom is 1.00 e. The van der Waals surface area contributed by atoms with E-state index in [4.69, 9.17) is 58.6 Å². The van der Waals surface area contributed by atoms with Gasteiger partial charge in [-0.15, -0.1) is 68.3 Å². The number of rotatable bonds is 35. The second-order valence-electron chi connectivity index (χ2n) is 27.8. The number of anilines is 1. The molecule has 738 valence electrons. The van der Waals surface area contributed by atoms with Crippen LogP contribution in [0.15, 0.2) is 75.0 Å². The first-order chi connectivity index (χ1) is 62.2. The number of thiazole rings is 3. The van der Waals surface area contributed by atoms with E-state index in [1.807, 2.05) is 0 Å². The van der Waals surface area contributed by atoms with E-state index in [2.05, 4.69) is 104 Å². The number of nitrogens with one attached hydrogen (secondary N) is 4. The fourth-order valence-corrected chi connectivity index (χ4v) is 19.4. The van der Waals surface area contributed by atoms with Gasteiger partial charge in [0, 0.05) is 88.8 Å². The number of aliphatic carboxylic acids is 3. The molecule has 0 saturated carbocycles. The number of halogens is 2. The number of nitrogens with zero attached hydrogens (tertiary/aromatic N) is 10. The third-order valence-electron chi connectivity index (χ3n) is 18.6. The van der Waals surface area contributed by atoms with Crippen molar-refractivity contribution in [2.24, 2.45) is 39.7 Å². The molecule has 6 amide bonds. The Morgan fingerprint density at radius 1 is 0.667 bits per heavy atom. The molecule has 2 radical (unpaired) electrons. The van der Waals surface area contributed by atoms with Gasteiger partial charge < -0.3 is 88.6 Å². The Bertz CT molecular complexity index is 5440. The summed E-state index contributed by atoms with van der Waals surface area (Å²) in [7, 11) is -6.72. The molecule has 0 spiro atoms. The van der Waals surface area contributed by atoms with Gasteiger partial charge in [-0.3, -0.25) is 71.6 Å². The van der Waals surface area contributed by atoms with Crippen LogP contribution < -0.4 is 89.7 Å². The molecule has 3 aromatic heterocycles. The molecule has 6 fully saturated rings. The van der Waals surface area contributed by atoms with Crippen LogP contribution in [0.5, 0.6) is 0 Å². The summed E-state index contributed by atoms with van der Waals surface area (Å²) in [6.07, 6.45) is 2.26. The number of benzene rings is 2. The van der Waals surface area contributed by atoms with Gasteiger partial charge in [-0.25, -0.2) is 74.7 Å². The first-order valence-corrected chi connectivity index (χ1v) is 50.2. The number of quaternary nitrogens is 1. The van der Waals surface area contributed by atoms with Crippen molar-refractivity contribution >= 4 is 219 Å². The zero-order chi connectivity index (χ0) is 98.5. The van der Waals surface area contributed by atoms with Crippen LogP contribution in [0.1, 0.15) is 113 Å². The Morgan fingerprint density at radius 2 is 1.11 bits per heavy atom. The summed E-state index contributed by atoms with van der Waals surface area (Å²) in [4.78, 5) is 204. The Labute approximate surface area is 832 Å². The number of ether oxygens (including phenoxy) is 2. The Morgan fingerprint density at radius 3 is 1.51 bits per heavy atom. The topological polar surface area (TPSA) is 729 Å². The van der Waals surface area contributed by atoms with E-state index in [1.54, 1.807) is 67.8 Å². The van der Waals surface area contributed by atoms with Crippen LogP contribution in [0.2, 0.25) is 0 Å². The van der Waals surface area contributed by atoms with Gasteiger partial charge in [0.25, 0.3) is 35.1 Å². The number of carbonyl (C=O) groups excluding carboxylic acids is 12. The molecule has 13 rings (SSSR count). The van der Waals surface area contributed by atoms with Crippen LogP contribution in [0, 0.1) is 31.6 Å². The summed E-state index contributed by atoms with van der Waals surface area (Å²) in [6.45, 7) is 15.1. The van der Waals surface area contributed by atoms with Crippen molar-refractivity contribution < 1.29 is 198 Å². The number of oxime groups is 2. The zero-order valence-corrected chi connectivity index (χ0v) is 84.4. The zero-order valence-electron chi connectivity index (χ0n) is 73.4. The molecule has 0 bridgehead atoms. The second-order valence-corrected chi connectivity index (χ2v) is 39.4. The number of fused-ring (bicyclic) bond motifs is 8. The summed E-state index contributed by atoms with van der Waals surface area (Å²) < 4.78 is 98.1. The standard InChI is InChI=1S/C18H21N5O10S3.C11H12N2O3S.C10H10N2O3.C9H9BN2O5S.C9H13N3O5S2.C6H5NO3S.C6H15N.C3H10N2O3S.2ClH.Na/c1-36(30,31)20-2-3-32-22-13(10-6-34-17(19)21-10)11(24)5-9-14(26)23-15(9)35(29)7-8-4-12(25)33-18(8,23)16(27)28;14-10-8-3-1-2-4-9(8)11(15)13(10)16-6-5-12-7-17;11-5-6-15-12-9(13)7-3-1-2-4-8(7)10(12)14;10-17-8(15)9-3(1-4(13)16-9)2-18-7-5(11)6(14)12(7)9;1-6-11-7(5-18-6)8(9(13)14)12-17-4-3-10-19(2,15)16;1-3-7-4(2-11-3)5(8)6(9)10;1-4-7(5-2)6-3;1-9(6,7)5-2-3-8-4;;;/h6,8-9,15,20H,2-5,7H2,1H3,(H2,19,21)(H,27,28);1-4,12,17H,5-7H2;1-4H,5-6,11H2;3,5,7H,1-2,11H2;5,10H,3-4H2,1-2H3,(H,13,14);2H,1H3,(H,9,10);4-6H2,1-3H3;5H,2-4H2,1H3;2*1H;/q;;;;;;;;;;+1/p-1/b22-13-;;;;12-8-;;;;;;/t8-,9+,15+,18+,35-;;;3-,5+,7+,9+;;;;;;;/m0..0......./s1. The predicted octanol–water partition coefficient (Wildman–Crippen LogP) is -10.5. The molecule has 0 aliphatic carbocycles. The average molecular weight is 2120 g/mol. The summed E-state index contributed by atoms with van der Waals surface area (Å²) >= 11 is 8.95. The van der Waals surface area contributed by atoms with Crippen molar-refractivity contribution in [3.05, 3.63) is 114 Å². The number of thioether (sulfide) groups is 1. The van der Waals surface area contributed by atoms with Crippen molar-refractivity contribution in [3.8, 4) is 0 Å². The van der Waals surface area contributed by atoms with E-state index < -0.39 is 171 Å². The number of hydrogen-bond acceptors (Lipinski definition) is 45. The number of aromatic nitrogens is 3. The van der Waals surface area contributed by atoms with Gasteiger partial charge in [0.05, 0.1) is 83.0 Å². The quantitative estimate of drug-likeness (QED) is 0.00153. The van der Waals surface area contributed by atoms with E-state index in [-0.39, 0.29) is 165 Å². The molecule has 2 aromatic carbocycles. The predicted molar refractivity (Wildman–Crippen MR) is 478 cm³/mol. The van der Waals surface area contributed by atoms with Crippen LogP contribution in [0.25, 0.3) is 0 Å². The molecule has 6 saturated heterocycles. The second kappa shape index (κ2) is 55.8. The Balaban J connectivity index is 0.000000416. The van der Waals surface area contributed by atoms with Gasteiger partial charge in [0.1, 0.15) is 66.2 Å². The number of β-lactam (4-membered cyclic amide) rings is 2. The fraction of sp³-hybridized carbons (Fsp3) is 0.486. The number of hydrogen-bond donors (Lipinski definition) is 11. The summed E-state index contributed by atoms with van der Waals surface area (Å²) in [5.41, 5.74) is 12.0. The molecule has 11 heterocycles. The van der Waals surface area contributed by atoms with Gasteiger partial charge in [0.2, 0.25) is 53.3 Å². The first-order valence-electron chi connectivity index (χ1n) is 38.9. The van der Waals surface area contributed by atoms with E-state index in [1.165, 1.54) is 69.7 Å². The number of esters is 2. The molecule has 0 unspecified atom stereocenters. The average Bonchev–Trinajstić information content (AvgIpc) is 1.62. The number of amides is 6.